The normalized spacial score (nSPS) is 18.9. The number of halogens is 1. The van der Waals surface area contributed by atoms with Crippen molar-refractivity contribution in [1.29, 1.82) is 0 Å². The Kier molecular flexibility index (Phi) is 4.74. The van der Waals surface area contributed by atoms with E-state index in [9.17, 15) is 9.18 Å². The zero-order valence-electron chi connectivity index (χ0n) is 11.0. The number of carbonyl (C=O) groups is 1. The van der Waals surface area contributed by atoms with Crippen molar-refractivity contribution in [3.05, 3.63) is 24.0 Å². The standard InChI is InChI=1S/C14H19FN2O2/c1-19-13-8-11(4-5-12(13)15)17-14(18)7-10-3-2-6-16-9-10/h4-5,8,10,16H,2-3,6-7,9H2,1H3,(H,17,18). The topological polar surface area (TPSA) is 50.4 Å². The summed E-state index contributed by atoms with van der Waals surface area (Å²) in [5, 5.41) is 6.06. The van der Waals surface area contributed by atoms with Gasteiger partial charge in [0.15, 0.2) is 11.6 Å². The van der Waals surface area contributed by atoms with Crippen molar-refractivity contribution in [2.45, 2.75) is 19.3 Å². The van der Waals surface area contributed by atoms with E-state index >= 15 is 0 Å². The van der Waals surface area contributed by atoms with Gasteiger partial charge in [-0.2, -0.15) is 0 Å². The van der Waals surface area contributed by atoms with Gasteiger partial charge in [-0.05, 0) is 44.0 Å². The number of hydrogen-bond acceptors (Lipinski definition) is 3. The van der Waals surface area contributed by atoms with Crippen LogP contribution in [0.3, 0.4) is 0 Å². The molecule has 1 aromatic rings. The maximum Gasteiger partial charge on any atom is 0.224 e. The van der Waals surface area contributed by atoms with E-state index in [0.29, 0.717) is 18.0 Å². The van der Waals surface area contributed by atoms with Crippen LogP contribution in [0.5, 0.6) is 5.75 Å². The summed E-state index contributed by atoms with van der Waals surface area (Å²) in [6.07, 6.45) is 2.68. The zero-order chi connectivity index (χ0) is 13.7. The lowest BCUT2D eigenvalue weighted by Gasteiger charge is -2.22. The summed E-state index contributed by atoms with van der Waals surface area (Å²) in [5.41, 5.74) is 0.562. The molecule has 4 nitrogen and oxygen atoms in total. The van der Waals surface area contributed by atoms with Crippen molar-refractivity contribution >= 4 is 11.6 Å². The van der Waals surface area contributed by atoms with Gasteiger partial charge in [-0.1, -0.05) is 0 Å². The van der Waals surface area contributed by atoms with Crippen LogP contribution in [-0.2, 0) is 4.79 Å². The van der Waals surface area contributed by atoms with Gasteiger partial charge in [-0.3, -0.25) is 4.79 Å². The van der Waals surface area contributed by atoms with Gasteiger partial charge in [0.1, 0.15) is 0 Å². The highest BCUT2D eigenvalue weighted by Crippen LogP contribution is 2.22. The SMILES string of the molecule is COc1cc(NC(=O)CC2CCCNC2)ccc1F. The number of benzene rings is 1. The summed E-state index contributed by atoms with van der Waals surface area (Å²) in [6, 6.07) is 4.32. The van der Waals surface area contributed by atoms with E-state index in [-0.39, 0.29) is 11.7 Å². The second-order valence-electron chi connectivity index (χ2n) is 4.81. The largest absolute Gasteiger partial charge is 0.494 e. The van der Waals surface area contributed by atoms with Crippen LogP contribution >= 0.6 is 0 Å². The molecule has 1 atom stereocenters. The smallest absolute Gasteiger partial charge is 0.224 e. The minimum atomic E-state index is -0.433. The van der Waals surface area contributed by atoms with Crippen molar-refractivity contribution in [2.75, 3.05) is 25.5 Å². The van der Waals surface area contributed by atoms with Gasteiger partial charge in [0.2, 0.25) is 5.91 Å². The lowest BCUT2D eigenvalue weighted by Crippen LogP contribution is -2.32. The molecule has 1 saturated heterocycles. The van der Waals surface area contributed by atoms with E-state index < -0.39 is 5.82 Å². The molecule has 2 rings (SSSR count). The van der Waals surface area contributed by atoms with E-state index in [2.05, 4.69) is 10.6 Å². The average molecular weight is 266 g/mol. The lowest BCUT2D eigenvalue weighted by atomic mass is 9.96. The van der Waals surface area contributed by atoms with Crippen molar-refractivity contribution in [2.24, 2.45) is 5.92 Å². The molecule has 0 aliphatic carbocycles. The molecule has 104 valence electrons. The first-order chi connectivity index (χ1) is 9.19. The van der Waals surface area contributed by atoms with Gasteiger partial charge < -0.3 is 15.4 Å². The van der Waals surface area contributed by atoms with E-state index in [1.165, 1.54) is 25.3 Å². The zero-order valence-corrected chi connectivity index (χ0v) is 11.0. The molecular weight excluding hydrogens is 247 g/mol. The van der Waals surface area contributed by atoms with Crippen LogP contribution in [0.4, 0.5) is 10.1 Å². The third-order valence-corrected chi connectivity index (χ3v) is 3.31. The lowest BCUT2D eigenvalue weighted by molar-refractivity contribution is -0.117. The first-order valence-electron chi connectivity index (χ1n) is 6.53. The average Bonchev–Trinajstić information content (AvgIpc) is 2.42. The fraction of sp³-hybridized carbons (Fsp3) is 0.500. The third-order valence-electron chi connectivity index (χ3n) is 3.31. The summed E-state index contributed by atoms with van der Waals surface area (Å²) in [5.74, 6) is 0.0487. The highest BCUT2D eigenvalue weighted by atomic mass is 19.1. The Labute approximate surface area is 112 Å². The van der Waals surface area contributed by atoms with Crippen LogP contribution in [0.2, 0.25) is 0 Å². The number of hydrogen-bond donors (Lipinski definition) is 2. The molecule has 5 heteroatoms. The summed E-state index contributed by atoms with van der Waals surface area (Å²) in [7, 11) is 1.40. The van der Waals surface area contributed by atoms with E-state index in [0.717, 1.165) is 25.9 Å². The van der Waals surface area contributed by atoms with Crippen molar-refractivity contribution in [1.82, 2.24) is 5.32 Å². The maximum atomic E-state index is 13.2. The minimum Gasteiger partial charge on any atom is -0.494 e. The Hall–Kier alpha value is -1.62. The number of ether oxygens (including phenoxy) is 1. The van der Waals surface area contributed by atoms with Crippen LogP contribution in [-0.4, -0.2) is 26.1 Å². The molecule has 0 bridgehead atoms. The molecule has 19 heavy (non-hydrogen) atoms. The molecule has 2 N–H and O–H groups in total. The van der Waals surface area contributed by atoms with Crippen LogP contribution < -0.4 is 15.4 Å². The predicted octanol–water partition coefficient (Wildman–Crippen LogP) is 2.16. The number of nitrogens with one attached hydrogen (secondary N) is 2. The van der Waals surface area contributed by atoms with E-state index in [1.807, 2.05) is 0 Å². The molecular formula is C14H19FN2O2. The Morgan fingerprint density at radius 2 is 2.42 bits per heavy atom. The first kappa shape index (κ1) is 13.8. The van der Waals surface area contributed by atoms with E-state index in [4.69, 9.17) is 4.74 Å². The van der Waals surface area contributed by atoms with Crippen molar-refractivity contribution in [3.63, 3.8) is 0 Å². The van der Waals surface area contributed by atoms with Gasteiger partial charge >= 0.3 is 0 Å². The van der Waals surface area contributed by atoms with Gasteiger partial charge in [0.05, 0.1) is 7.11 Å². The Balaban J connectivity index is 1.90. The molecule has 0 saturated carbocycles. The molecule has 0 aromatic heterocycles. The van der Waals surface area contributed by atoms with Gasteiger partial charge in [-0.25, -0.2) is 4.39 Å². The molecule has 0 spiro atoms. The Morgan fingerprint density at radius 1 is 1.58 bits per heavy atom. The highest BCUT2D eigenvalue weighted by molar-refractivity contribution is 5.91. The second kappa shape index (κ2) is 6.52. The molecule has 1 amide bonds. The first-order valence-corrected chi connectivity index (χ1v) is 6.53. The number of methoxy groups -OCH3 is 1. The summed E-state index contributed by atoms with van der Waals surface area (Å²) < 4.78 is 18.1. The van der Waals surface area contributed by atoms with Crippen LogP contribution in [0.25, 0.3) is 0 Å². The van der Waals surface area contributed by atoms with Crippen molar-refractivity contribution < 1.29 is 13.9 Å². The Bertz CT molecular complexity index is 445. The number of anilines is 1. The monoisotopic (exact) mass is 266 g/mol. The fourth-order valence-electron chi connectivity index (χ4n) is 2.31. The van der Waals surface area contributed by atoms with Gasteiger partial charge in [-0.15, -0.1) is 0 Å². The highest BCUT2D eigenvalue weighted by Gasteiger charge is 2.17. The molecule has 1 aromatic carbocycles. The van der Waals surface area contributed by atoms with Crippen LogP contribution in [0, 0.1) is 11.7 Å². The molecule has 1 heterocycles. The molecule has 0 radical (unpaired) electrons. The maximum absolute atomic E-state index is 13.2. The van der Waals surface area contributed by atoms with Gasteiger partial charge in [0.25, 0.3) is 0 Å². The van der Waals surface area contributed by atoms with Crippen LogP contribution in [0.1, 0.15) is 19.3 Å². The predicted molar refractivity (Wildman–Crippen MR) is 71.8 cm³/mol. The quantitative estimate of drug-likeness (QED) is 0.878. The second-order valence-corrected chi connectivity index (χ2v) is 4.81. The molecule has 1 fully saturated rings. The number of piperidine rings is 1. The third kappa shape index (κ3) is 3.92. The molecule has 1 unspecified atom stereocenters. The molecule has 1 aliphatic heterocycles. The Morgan fingerprint density at radius 3 is 3.11 bits per heavy atom. The number of rotatable bonds is 4. The van der Waals surface area contributed by atoms with Gasteiger partial charge in [0, 0.05) is 18.2 Å². The van der Waals surface area contributed by atoms with Crippen LogP contribution in [0.15, 0.2) is 18.2 Å². The van der Waals surface area contributed by atoms with E-state index in [1.54, 1.807) is 0 Å². The summed E-state index contributed by atoms with van der Waals surface area (Å²) >= 11 is 0. The summed E-state index contributed by atoms with van der Waals surface area (Å²) in [6.45, 7) is 1.92. The fourth-order valence-corrected chi connectivity index (χ4v) is 2.31. The summed E-state index contributed by atoms with van der Waals surface area (Å²) in [4.78, 5) is 11.9. The minimum absolute atomic E-state index is 0.0395. The number of amides is 1. The van der Waals surface area contributed by atoms with Crippen molar-refractivity contribution in [3.8, 4) is 5.75 Å². The number of carbonyl (C=O) groups excluding carboxylic acids is 1. The molecule has 1 aliphatic rings.